The minimum absolute atomic E-state index is 0.0387. The third-order valence-corrected chi connectivity index (χ3v) is 2.86. The highest BCUT2D eigenvalue weighted by Gasteiger charge is 2.20. The van der Waals surface area contributed by atoms with Crippen molar-refractivity contribution in [2.75, 3.05) is 19.6 Å². The molecule has 0 heterocycles. The number of aliphatic carboxylic acids is 1. The minimum Gasteiger partial charge on any atom is -0.481 e. The Morgan fingerprint density at radius 3 is 2.20 bits per heavy atom. The summed E-state index contributed by atoms with van der Waals surface area (Å²) < 4.78 is 0. The van der Waals surface area contributed by atoms with Crippen LogP contribution in [0, 0.1) is 5.41 Å². The Morgan fingerprint density at radius 2 is 1.75 bits per heavy atom. The Morgan fingerprint density at radius 1 is 1.15 bits per heavy atom. The first-order chi connectivity index (χ1) is 9.18. The maximum Gasteiger partial charge on any atom is 0.305 e. The van der Waals surface area contributed by atoms with Gasteiger partial charge < -0.3 is 15.3 Å². The maximum atomic E-state index is 11.8. The molecule has 0 aliphatic rings. The molecular formula is C14H26N2O4. The van der Waals surface area contributed by atoms with E-state index in [1.807, 2.05) is 27.7 Å². The summed E-state index contributed by atoms with van der Waals surface area (Å²) in [5.41, 5.74) is -0.430. The molecule has 0 unspecified atom stereocenters. The molecule has 0 aliphatic carbocycles. The van der Waals surface area contributed by atoms with Crippen molar-refractivity contribution in [2.24, 2.45) is 5.41 Å². The van der Waals surface area contributed by atoms with Crippen LogP contribution in [0.4, 0.5) is 0 Å². The van der Waals surface area contributed by atoms with Crippen molar-refractivity contribution in [1.82, 2.24) is 10.2 Å². The number of hydrogen-bond donors (Lipinski definition) is 2. The van der Waals surface area contributed by atoms with E-state index in [0.717, 1.165) is 0 Å². The van der Waals surface area contributed by atoms with E-state index in [4.69, 9.17) is 5.11 Å². The molecule has 6 heteroatoms. The molecule has 0 saturated heterocycles. The van der Waals surface area contributed by atoms with Crippen LogP contribution < -0.4 is 5.32 Å². The summed E-state index contributed by atoms with van der Waals surface area (Å²) in [6.07, 6.45) is 0.836. The molecule has 0 bridgehead atoms. The lowest BCUT2D eigenvalue weighted by Gasteiger charge is -2.20. The van der Waals surface area contributed by atoms with E-state index in [2.05, 4.69) is 5.32 Å². The van der Waals surface area contributed by atoms with Gasteiger partial charge in [0.2, 0.25) is 11.8 Å². The van der Waals surface area contributed by atoms with Crippen molar-refractivity contribution in [2.45, 2.75) is 47.0 Å². The lowest BCUT2D eigenvalue weighted by Crippen LogP contribution is -2.36. The first kappa shape index (κ1) is 18.4. The monoisotopic (exact) mass is 286 g/mol. The van der Waals surface area contributed by atoms with Crippen LogP contribution in [-0.4, -0.2) is 47.4 Å². The average Bonchev–Trinajstić information content (AvgIpc) is 2.33. The molecule has 2 amide bonds. The van der Waals surface area contributed by atoms with Gasteiger partial charge in [-0.1, -0.05) is 20.8 Å². The summed E-state index contributed by atoms with van der Waals surface area (Å²) in [7, 11) is 0. The van der Waals surface area contributed by atoms with Crippen LogP contribution in [0.1, 0.15) is 47.0 Å². The Kier molecular flexibility index (Phi) is 7.87. The second-order valence-corrected chi connectivity index (χ2v) is 5.73. The summed E-state index contributed by atoms with van der Waals surface area (Å²) in [6.45, 7) is 8.51. The van der Waals surface area contributed by atoms with Gasteiger partial charge in [-0.25, -0.2) is 0 Å². The van der Waals surface area contributed by atoms with E-state index < -0.39 is 11.4 Å². The SMILES string of the molecule is CCN(CCC(=O)O)C(=O)CCCNC(=O)C(C)(C)C. The fourth-order valence-electron chi connectivity index (χ4n) is 1.55. The summed E-state index contributed by atoms with van der Waals surface area (Å²) >= 11 is 0. The second-order valence-electron chi connectivity index (χ2n) is 5.73. The first-order valence-corrected chi connectivity index (χ1v) is 6.96. The smallest absolute Gasteiger partial charge is 0.305 e. The molecule has 0 aromatic heterocycles. The predicted octanol–water partition coefficient (Wildman–Crippen LogP) is 1.25. The van der Waals surface area contributed by atoms with Gasteiger partial charge in [-0.2, -0.15) is 0 Å². The van der Waals surface area contributed by atoms with Crippen LogP contribution >= 0.6 is 0 Å². The van der Waals surface area contributed by atoms with Crippen LogP contribution in [0.2, 0.25) is 0 Å². The molecule has 6 nitrogen and oxygen atoms in total. The van der Waals surface area contributed by atoms with Crippen molar-refractivity contribution in [1.29, 1.82) is 0 Å². The van der Waals surface area contributed by atoms with Gasteiger partial charge in [-0.15, -0.1) is 0 Å². The fraction of sp³-hybridized carbons (Fsp3) is 0.786. The number of nitrogens with one attached hydrogen (secondary N) is 1. The van der Waals surface area contributed by atoms with E-state index in [0.29, 0.717) is 25.9 Å². The number of amides is 2. The molecular weight excluding hydrogens is 260 g/mol. The molecule has 0 rings (SSSR count). The maximum absolute atomic E-state index is 11.8. The number of nitrogens with zero attached hydrogens (tertiary/aromatic N) is 1. The lowest BCUT2D eigenvalue weighted by atomic mass is 9.96. The van der Waals surface area contributed by atoms with Crippen molar-refractivity contribution in [3.05, 3.63) is 0 Å². The standard InChI is InChI=1S/C14H26N2O4/c1-5-16(10-8-12(18)19)11(17)7-6-9-15-13(20)14(2,3)4/h5-10H2,1-4H3,(H,15,20)(H,18,19). The zero-order chi connectivity index (χ0) is 15.8. The average molecular weight is 286 g/mol. The van der Waals surface area contributed by atoms with Gasteiger partial charge in [0.1, 0.15) is 0 Å². The fourth-order valence-corrected chi connectivity index (χ4v) is 1.55. The Balaban J connectivity index is 3.97. The first-order valence-electron chi connectivity index (χ1n) is 6.96. The molecule has 0 spiro atoms. The van der Waals surface area contributed by atoms with Crippen LogP contribution in [0.25, 0.3) is 0 Å². The lowest BCUT2D eigenvalue weighted by molar-refractivity contribution is -0.138. The van der Waals surface area contributed by atoms with E-state index >= 15 is 0 Å². The van der Waals surface area contributed by atoms with E-state index in [-0.39, 0.29) is 24.8 Å². The zero-order valence-corrected chi connectivity index (χ0v) is 12.9. The van der Waals surface area contributed by atoms with Crippen LogP contribution in [-0.2, 0) is 14.4 Å². The topological polar surface area (TPSA) is 86.7 Å². The quantitative estimate of drug-likeness (QED) is 0.657. The number of carbonyl (C=O) groups is 3. The van der Waals surface area contributed by atoms with Gasteiger partial charge in [0.15, 0.2) is 0 Å². The Labute approximate surface area is 120 Å². The number of rotatable bonds is 8. The number of carbonyl (C=O) groups excluding carboxylic acids is 2. The largest absolute Gasteiger partial charge is 0.481 e. The van der Waals surface area contributed by atoms with Gasteiger partial charge in [-0.05, 0) is 13.3 Å². The molecule has 0 aromatic rings. The molecule has 20 heavy (non-hydrogen) atoms. The van der Waals surface area contributed by atoms with Crippen LogP contribution in [0.15, 0.2) is 0 Å². The Hall–Kier alpha value is -1.59. The minimum atomic E-state index is -0.909. The molecule has 0 fully saturated rings. The van der Waals surface area contributed by atoms with Crippen LogP contribution in [0.5, 0.6) is 0 Å². The third kappa shape index (κ3) is 7.76. The number of carboxylic acid groups (broad SMARTS) is 1. The van der Waals surface area contributed by atoms with Crippen LogP contribution in [0.3, 0.4) is 0 Å². The molecule has 0 atom stereocenters. The van der Waals surface area contributed by atoms with E-state index in [1.165, 1.54) is 4.90 Å². The van der Waals surface area contributed by atoms with Gasteiger partial charge in [0, 0.05) is 31.5 Å². The number of hydrogen-bond acceptors (Lipinski definition) is 3. The Bertz CT molecular complexity index is 348. The van der Waals surface area contributed by atoms with Crippen molar-refractivity contribution in [3.63, 3.8) is 0 Å². The van der Waals surface area contributed by atoms with Crippen molar-refractivity contribution in [3.8, 4) is 0 Å². The molecule has 0 aromatic carbocycles. The highest BCUT2D eigenvalue weighted by molar-refractivity contribution is 5.81. The highest BCUT2D eigenvalue weighted by atomic mass is 16.4. The summed E-state index contributed by atoms with van der Waals surface area (Å²) in [5.74, 6) is -1.02. The van der Waals surface area contributed by atoms with Gasteiger partial charge in [-0.3, -0.25) is 14.4 Å². The van der Waals surface area contributed by atoms with E-state index in [9.17, 15) is 14.4 Å². The summed E-state index contributed by atoms with van der Waals surface area (Å²) in [4.78, 5) is 35.5. The van der Waals surface area contributed by atoms with Gasteiger partial charge in [0.05, 0.1) is 6.42 Å². The number of carboxylic acids is 1. The molecule has 0 aliphatic heterocycles. The zero-order valence-electron chi connectivity index (χ0n) is 12.9. The molecule has 0 radical (unpaired) electrons. The normalized spacial score (nSPS) is 11.0. The molecule has 116 valence electrons. The molecule has 2 N–H and O–H groups in total. The van der Waals surface area contributed by atoms with Gasteiger partial charge in [0.25, 0.3) is 0 Å². The molecule has 0 saturated carbocycles. The highest BCUT2D eigenvalue weighted by Crippen LogP contribution is 2.12. The predicted molar refractivity (Wildman–Crippen MR) is 76.2 cm³/mol. The summed E-state index contributed by atoms with van der Waals surface area (Å²) in [5, 5.41) is 11.4. The van der Waals surface area contributed by atoms with Gasteiger partial charge >= 0.3 is 5.97 Å². The van der Waals surface area contributed by atoms with E-state index in [1.54, 1.807) is 0 Å². The second kappa shape index (κ2) is 8.55. The third-order valence-electron chi connectivity index (χ3n) is 2.86. The summed E-state index contributed by atoms with van der Waals surface area (Å²) in [6, 6.07) is 0. The van der Waals surface area contributed by atoms with Crippen molar-refractivity contribution < 1.29 is 19.5 Å². The van der Waals surface area contributed by atoms with Crippen molar-refractivity contribution >= 4 is 17.8 Å².